The van der Waals surface area contributed by atoms with Crippen molar-refractivity contribution < 1.29 is 19.2 Å². The van der Waals surface area contributed by atoms with Crippen LogP contribution in [0.1, 0.15) is 50.8 Å². The fourth-order valence-electron chi connectivity index (χ4n) is 5.12. The molecule has 3 aliphatic heterocycles. The molecular formula is C24H24N8O4. The van der Waals surface area contributed by atoms with E-state index in [-0.39, 0.29) is 29.8 Å². The number of aryl methyl sites for hydroxylation is 1. The molecule has 0 saturated carbocycles. The van der Waals surface area contributed by atoms with Crippen LogP contribution in [0.5, 0.6) is 0 Å². The Bertz CT molecular complexity index is 1420. The predicted octanol–water partition coefficient (Wildman–Crippen LogP) is 0.232. The van der Waals surface area contributed by atoms with E-state index >= 15 is 0 Å². The lowest BCUT2D eigenvalue weighted by Crippen LogP contribution is -2.52. The molecule has 184 valence electrons. The summed E-state index contributed by atoms with van der Waals surface area (Å²) < 4.78 is 3.60. The molecule has 12 heteroatoms. The normalized spacial score (nSPS) is 19.7. The molecule has 6 rings (SSSR count). The van der Waals surface area contributed by atoms with Gasteiger partial charge in [-0.15, -0.1) is 5.10 Å². The quantitative estimate of drug-likeness (QED) is 0.522. The van der Waals surface area contributed by atoms with Crippen molar-refractivity contribution in [3.05, 3.63) is 58.9 Å². The number of imide groups is 1. The second kappa shape index (κ2) is 8.40. The highest BCUT2D eigenvalue weighted by molar-refractivity contribution is 6.05. The fraction of sp³-hybridized carbons (Fsp3) is 0.375. The van der Waals surface area contributed by atoms with Crippen LogP contribution < -0.4 is 5.32 Å². The fourth-order valence-corrected chi connectivity index (χ4v) is 5.12. The summed E-state index contributed by atoms with van der Waals surface area (Å²) in [4.78, 5) is 57.7. The first-order valence-electron chi connectivity index (χ1n) is 11.9. The molecule has 1 unspecified atom stereocenters. The summed E-state index contributed by atoms with van der Waals surface area (Å²) in [6, 6.07) is 4.64. The summed E-state index contributed by atoms with van der Waals surface area (Å²) in [5.41, 5.74) is 3.15. The van der Waals surface area contributed by atoms with E-state index in [0.29, 0.717) is 50.3 Å². The molecule has 1 atom stereocenters. The third-order valence-electron chi connectivity index (χ3n) is 7.11. The van der Waals surface area contributed by atoms with Crippen LogP contribution in [-0.2, 0) is 29.1 Å². The number of piperidine rings is 1. The first-order valence-corrected chi connectivity index (χ1v) is 11.9. The Kier molecular flexibility index (Phi) is 5.16. The lowest BCUT2D eigenvalue weighted by molar-refractivity contribution is -0.136. The van der Waals surface area contributed by atoms with Crippen LogP contribution in [0.15, 0.2) is 30.6 Å². The van der Waals surface area contributed by atoms with Crippen LogP contribution in [0, 0.1) is 6.92 Å². The number of hydrogen-bond acceptors (Lipinski definition) is 7. The molecule has 12 nitrogen and oxygen atoms in total. The zero-order valence-electron chi connectivity index (χ0n) is 19.7. The van der Waals surface area contributed by atoms with E-state index in [0.717, 1.165) is 17.1 Å². The van der Waals surface area contributed by atoms with Crippen LogP contribution >= 0.6 is 0 Å². The summed E-state index contributed by atoms with van der Waals surface area (Å²) in [5.74, 6) is -0.263. The SMILES string of the molecule is Cc1cnc2n1CCN(C(=O)c1cn(-c3ccc4c(c3)C(=O)N(C3CCC(=O)NC3=O)C4)nn1)CC2. The minimum Gasteiger partial charge on any atom is -0.335 e. The zero-order chi connectivity index (χ0) is 25.0. The molecule has 36 heavy (non-hydrogen) atoms. The molecule has 1 aromatic carbocycles. The maximum Gasteiger partial charge on any atom is 0.276 e. The van der Waals surface area contributed by atoms with Crippen molar-refractivity contribution in [3.8, 4) is 5.69 Å². The van der Waals surface area contributed by atoms with Crippen molar-refractivity contribution in [1.82, 2.24) is 39.7 Å². The van der Waals surface area contributed by atoms with Crippen LogP contribution in [0.2, 0.25) is 0 Å². The molecule has 0 aliphatic carbocycles. The molecule has 1 N–H and O–H groups in total. The molecule has 0 spiro atoms. The van der Waals surface area contributed by atoms with Crippen LogP contribution in [-0.4, -0.2) is 77.1 Å². The number of aromatic nitrogens is 5. The molecule has 0 radical (unpaired) electrons. The maximum atomic E-state index is 13.1. The van der Waals surface area contributed by atoms with Crippen molar-refractivity contribution in [3.63, 3.8) is 0 Å². The Hall–Kier alpha value is -4.35. The monoisotopic (exact) mass is 488 g/mol. The number of fused-ring (bicyclic) bond motifs is 2. The number of rotatable bonds is 3. The molecule has 4 amide bonds. The van der Waals surface area contributed by atoms with Gasteiger partial charge in [-0.2, -0.15) is 0 Å². The number of carbonyl (C=O) groups is 4. The molecule has 0 bridgehead atoms. The number of carbonyl (C=O) groups excluding carboxylic acids is 4. The van der Waals surface area contributed by atoms with Crippen molar-refractivity contribution in [1.29, 1.82) is 0 Å². The Morgan fingerprint density at radius 2 is 1.97 bits per heavy atom. The number of nitrogens with zero attached hydrogens (tertiary/aromatic N) is 7. The largest absolute Gasteiger partial charge is 0.335 e. The van der Waals surface area contributed by atoms with Crippen molar-refractivity contribution in [2.45, 2.75) is 45.3 Å². The van der Waals surface area contributed by atoms with Crippen LogP contribution in [0.25, 0.3) is 5.69 Å². The van der Waals surface area contributed by atoms with E-state index in [1.807, 2.05) is 19.2 Å². The maximum absolute atomic E-state index is 13.1. The minimum atomic E-state index is -0.670. The Morgan fingerprint density at radius 3 is 2.81 bits per heavy atom. The van der Waals surface area contributed by atoms with E-state index in [1.165, 1.54) is 9.58 Å². The average Bonchev–Trinajstić information content (AvgIpc) is 3.53. The van der Waals surface area contributed by atoms with E-state index in [9.17, 15) is 19.2 Å². The second-order valence-corrected chi connectivity index (χ2v) is 9.30. The first kappa shape index (κ1) is 22.1. The van der Waals surface area contributed by atoms with Crippen molar-refractivity contribution in [2.24, 2.45) is 0 Å². The Balaban J connectivity index is 1.18. The smallest absolute Gasteiger partial charge is 0.276 e. The summed E-state index contributed by atoms with van der Waals surface area (Å²) >= 11 is 0. The van der Waals surface area contributed by atoms with E-state index in [2.05, 4.69) is 25.2 Å². The number of nitrogens with one attached hydrogen (secondary N) is 1. The van der Waals surface area contributed by atoms with Crippen LogP contribution in [0.3, 0.4) is 0 Å². The number of amides is 4. The lowest BCUT2D eigenvalue weighted by atomic mass is 10.0. The van der Waals surface area contributed by atoms with Crippen molar-refractivity contribution >= 4 is 23.6 Å². The minimum absolute atomic E-state index is 0.203. The van der Waals surface area contributed by atoms with Crippen LogP contribution in [0.4, 0.5) is 0 Å². The number of benzene rings is 1. The van der Waals surface area contributed by atoms with Gasteiger partial charge in [0.2, 0.25) is 11.8 Å². The standard InChI is InChI=1S/C24H24N8O4/c1-14-11-25-20-6-7-29(8-9-30(14)20)24(36)18-13-32(28-27-18)16-3-2-15-12-31(23(35)17(15)10-16)19-4-5-21(33)26-22(19)34/h2-3,10-11,13,19H,4-9,12H2,1H3,(H,26,33,34). The van der Waals surface area contributed by atoms with Gasteiger partial charge in [0.15, 0.2) is 5.69 Å². The zero-order valence-corrected chi connectivity index (χ0v) is 19.7. The summed E-state index contributed by atoms with van der Waals surface area (Å²) in [6.07, 6.45) is 4.60. The Labute approximate surface area is 205 Å². The van der Waals surface area contributed by atoms with Gasteiger partial charge in [-0.1, -0.05) is 11.3 Å². The third kappa shape index (κ3) is 3.65. The van der Waals surface area contributed by atoms with Gasteiger partial charge in [0.05, 0.1) is 11.9 Å². The number of imidazole rings is 1. The van der Waals surface area contributed by atoms with Gasteiger partial charge in [-0.3, -0.25) is 24.5 Å². The van der Waals surface area contributed by atoms with E-state index in [4.69, 9.17) is 0 Å². The van der Waals surface area contributed by atoms with Gasteiger partial charge in [0.25, 0.3) is 11.8 Å². The van der Waals surface area contributed by atoms with Gasteiger partial charge in [-0.05, 0) is 31.0 Å². The average molecular weight is 489 g/mol. The summed E-state index contributed by atoms with van der Waals surface area (Å²) in [6.45, 7) is 4.08. The predicted molar refractivity (Wildman–Crippen MR) is 124 cm³/mol. The molecule has 1 fully saturated rings. The van der Waals surface area contributed by atoms with Crippen molar-refractivity contribution in [2.75, 3.05) is 13.1 Å². The molecular weight excluding hydrogens is 464 g/mol. The van der Waals surface area contributed by atoms with E-state index < -0.39 is 11.9 Å². The van der Waals surface area contributed by atoms with Gasteiger partial charge in [0.1, 0.15) is 11.9 Å². The van der Waals surface area contributed by atoms with Gasteiger partial charge in [0, 0.05) is 56.5 Å². The molecule has 5 heterocycles. The van der Waals surface area contributed by atoms with Gasteiger partial charge < -0.3 is 14.4 Å². The highest BCUT2D eigenvalue weighted by atomic mass is 16.2. The number of hydrogen-bond donors (Lipinski definition) is 1. The topological polar surface area (TPSA) is 135 Å². The molecule has 3 aliphatic rings. The van der Waals surface area contributed by atoms with Gasteiger partial charge in [-0.25, -0.2) is 9.67 Å². The summed E-state index contributed by atoms with van der Waals surface area (Å²) in [7, 11) is 0. The first-order chi connectivity index (χ1) is 17.4. The summed E-state index contributed by atoms with van der Waals surface area (Å²) in [5, 5.41) is 10.5. The highest BCUT2D eigenvalue weighted by Crippen LogP contribution is 2.29. The molecule has 1 saturated heterocycles. The highest BCUT2D eigenvalue weighted by Gasteiger charge is 2.39. The Morgan fingerprint density at radius 1 is 1.11 bits per heavy atom. The van der Waals surface area contributed by atoms with Gasteiger partial charge >= 0.3 is 0 Å². The molecule has 2 aromatic heterocycles. The second-order valence-electron chi connectivity index (χ2n) is 9.30. The van der Waals surface area contributed by atoms with E-state index in [1.54, 1.807) is 23.2 Å². The lowest BCUT2D eigenvalue weighted by Gasteiger charge is -2.29. The molecule has 3 aromatic rings. The third-order valence-corrected chi connectivity index (χ3v) is 7.11.